The van der Waals surface area contributed by atoms with E-state index < -0.39 is 12.0 Å². The largest absolute Gasteiger partial charge is 0.480 e. The third kappa shape index (κ3) is 2.39. The smallest absolute Gasteiger partial charge is 0.320 e. The zero-order valence-electron chi connectivity index (χ0n) is 11.0. The van der Waals surface area contributed by atoms with E-state index in [-0.39, 0.29) is 11.7 Å². The van der Waals surface area contributed by atoms with Crippen molar-refractivity contribution in [3.63, 3.8) is 0 Å². The van der Waals surface area contributed by atoms with Crippen molar-refractivity contribution >= 4 is 16.7 Å². The number of fused-ring (bicyclic) bond motifs is 1. The van der Waals surface area contributed by atoms with E-state index in [1.807, 2.05) is 24.3 Å². The van der Waals surface area contributed by atoms with E-state index in [0.717, 1.165) is 17.4 Å². The van der Waals surface area contributed by atoms with E-state index in [2.05, 4.69) is 5.32 Å². The van der Waals surface area contributed by atoms with Crippen molar-refractivity contribution in [2.24, 2.45) is 5.92 Å². The molecule has 0 unspecified atom stereocenters. The normalized spacial score (nSPS) is 22.2. The number of hydrogen-bond acceptors (Lipinski definition) is 2. The third-order valence-corrected chi connectivity index (χ3v) is 3.99. The second kappa shape index (κ2) is 5.21. The Hall–Kier alpha value is -1.94. The van der Waals surface area contributed by atoms with Crippen LogP contribution in [0.25, 0.3) is 10.8 Å². The number of carboxylic acid groups (broad SMARTS) is 1. The van der Waals surface area contributed by atoms with Crippen LogP contribution in [0.2, 0.25) is 0 Å². The second-order valence-corrected chi connectivity index (χ2v) is 5.36. The second-order valence-electron chi connectivity index (χ2n) is 5.36. The first-order valence-corrected chi connectivity index (χ1v) is 6.77. The number of rotatable bonds is 3. The van der Waals surface area contributed by atoms with Crippen molar-refractivity contribution in [2.75, 3.05) is 6.54 Å². The molecule has 1 saturated heterocycles. The molecule has 1 heterocycles. The first kappa shape index (κ1) is 13.1. The minimum atomic E-state index is -0.795. The Bertz CT molecular complexity index is 656. The molecule has 104 valence electrons. The maximum atomic E-state index is 13.8. The molecule has 3 nitrogen and oxygen atoms in total. The lowest BCUT2D eigenvalue weighted by Crippen LogP contribution is -2.29. The lowest BCUT2D eigenvalue weighted by atomic mass is 9.93. The van der Waals surface area contributed by atoms with Gasteiger partial charge in [0.15, 0.2) is 0 Å². The van der Waals surface area contributed by atoms with E-state index in [0.29, 0.717) is 18.4 Å². The van der Waals surface area contributed by atoms with Crippen molar-refractivity contribution in [1.82, 2.24) is 5.32 Å². The molecular weight excluding hydrogens is 257 g/mol. The molecular formula is C16H16FNO2. The van der Waals surface area contributed by atoms with Gasteiger partial charge in [-0.05, 0) is 42.3 Å². The van der Waals surface area contributed by atoms with E-state index in [1.54, 1.807) is 6.07 Å². The van der Waals surface area contributed by atoms with Gasteiger partial charge in [-0.1, -0.05) is 30.3 Å². The molecule has 4 heteroatoms. The Balaban J connectivity index is 1.85. The maximum absolute atomic E-state index is 13.8. The third-order valence-electron chi connectivity index (χ3n) is 3.99. The minimum absolute atomic E-state index is 0.211. The summed E-state index contributed by atoms with van der Waals surface area (Å²) in [5, 5.41) is 13.6. The van der Waals surface area contributed by atoms with Gasteiger partial charge in [-0.3, -0.25) is 4.79 Å². The van der Waals surface area contributed by atoms with Crippen LogP contribution in [-0.2, 0) is 11.2 Å². The fourth-order valence-corrected chi connectivity index (χ4v) is 2.97. The van der Waals surface area contributed by atoms with E-state index in [4.69, 9.17) is 5.11 Å². The summed E-state index contributed by atoms with van der Waals surface area (Å²) in [7, 11) is 0. The Labute approximate surface area is 116 Å². The summed E-state index contributed by atoms with van der Waals surface area (Å²) in [6.07, 6.45) is 1.40. The predicted octanol–water partition coefficient (Wildman–Crippen LogP) is 2.58. The van der Waals surface area contributed by atoms with Crippen molar-refractivity contribution in [1.29, 1.82) is 0 Å². The lowest BCUT2D eigenvalue weighted by molar-refractivity contribution is -0.139. The molecule has 3 rings (SSSR count). The number of carboxylic acids is 1. The van der Waals surface area contributed by atoms with Gasteiger partial charge in [0.25, 0.3) is 0 Å². The highest BCUT2D eigenvalue weighted by molar-refractivity contribution is 5.86. The molecule has 2 aromatic carbocycles. The van der Waals surface area contributed by atoms with Crippen LogP contribution in [0.1, 0.15) is 12.0 Å². The fourth-order valence-electron chi connectivity index (χ4n) is 2.97. The van der Waals surface area contributed by atoms with Crippen LogP contribution in [0.5, 0.6) is 0 Å². The molecule has 0 aliphatic carbocycles. The molecule has 2 aromatic rings. The molecule has 0 radical (unpaired) electrons. The quantitative estimate of drug-likeness (QED) is 0.903. The summed E-state index contributed by atoms with van der Waals surface area (Å²) < 4.78 is 13.8. The van der Waals surface area contributed by atoms with Gasteiger partial charge < -0.3 is 10.4 Å². The zero-order valence-corrected chi connectivity index (χ0v) is 11.0. The summed E-state index contributed by atoms with van der Waals surface area (Å²) in [5.74, 6) is -0.723. The number of benzene rings is 2. The molecule has 0 saturated carbocycles. The lowest BCUT2D eigenvalue weighted by Gasteiger charge is -2.12. The molecule has 1 aliphatic heterocycles. The van der Waals surface area contributed by atoms with Crippen LogP contribution in [0, 0.1) is 11.7 Å². The molecule has 0 bridgehead atoms. The molecule has 1 aliphatic rings. The average Bonchev–Trinajstić information content (AvgIpc) is 2.91. The van der Waals surface area contributed by atoms with E-state index >= 15 is 0 Å². The van der Waals surface area contributed by atoms with Gasteiger partial charge in [-0.2, -0.15) is 0 Å². The van der Waals surface area contributed by atoms with Crippen LogP contribution in [-0.4, -0.2) is 23.7 Å². The van der Waals surface area contributed by atoms with Gasteiger partial charge in [0, 0.05) is 5.39 Å². The molecule has 20 heavy (non-hydrogen) atoms. The van der Waals surface area contributed by atoms with E-state index in [9.17, 15) is 9.18 Å². The van der Waals surface area contributed by atoms with Gasteiger partial charge in [-0.15, -0.1) is 0 Å². The van der Waals surface area contributed by atoms with Gasteiger partial charge in [0.2, 0.25) is 0 Å². The highest BCUT2D eigenvalue weighted by Gasteiger charge is 2.29. The van der Waals surface area contributed by atoms with E-state index in [1.165, 1.54) is 6.07 Å². The van der Waals surface area contributed by atoms with Crippen molar-refractivity contribution in [3.8, 4) is 0 Å². The predicted molar refractivity (Wildman–Crippen MR) is 75.1 cm³/mol. The van der Waals surface area contributed by atoms with Gasteiger partial charge in [0.1, 0.15) is 11.9 Å². The summed E-state index contributed by atoms with van der Waals surface area (Å²) in [6.45, 7) is 0.697. The summed E-state index contributed by atoms with van der Waals surface area (Å²) in [6, 6.07) is 10.3. The molecule has 0 aromatic heterocycles. The zero-order chi connectivity index (χ0) is 14.1. The van der Waals surface area contributed by atoms with Gasteiger partial charge >= 0.3 is 5.97 Å². The Morgan fingerprint density at radius 1 is 1.25 bits per heavy atom. The van der Waals surface area contributed by atoms with Crippen LogP contribution in [0.3, 0.4) is 0 Å². The highest BCUT2D eigenvalue weighted by Crippen LogP contribution is 2.26. The molecule has 0 spiro atoms. The summed E-state index contributed by atoms with van der Waals surface area (Å²) >= 11 is 0. The minimum Gasteiger partial charge on any atom is -0.480 e. The van der Waals surface area contributed by atoms with Crippen LogP contribution in [0.4, 0.5) is 4.39 Å². The van der Waals surface area contributed by atoms with Crippen LogP contribution >= 0.6 is 0 Å². The van der Waals surface area contributed by atoms with Crippen LogP contribution < -0.4 is 5.32 Å². The monoisotopic (exact) mass is 273 g/mol. The van der Waals surface area contributed by atoms with Gasteiger partial charge in [0.05, 0.1) is 0 Å². The highest BCUT2D eigenvalue weighted by atomic mass is 19.1. The average molecular weight is 273 g/mol. The SMILES string of the molecule is O=C(O)[C@H]1C[C@@H](Cc2ccc(F)c3ccccc23)CN1. The fraction of sp³-hybridized carbons (Fsp3) is 0.312. The Morgan fingerprint density at radius 3 is 2.70 bits per heavy atom. The standard InChI is InChI=1S/C16H16FNO2/c17-14-6-5-11(12-3-1-2-4-13(12)14)7-10-8-15(16(19)20)18-9-10/h1-6,10,15,18H,7-9H2,(H,19,20)/t10-,15-/m1/s1. The number of carbonyl (C=O) groups is 1. The van der Waals surface area contributed by atoms with Crippen molar-refractivity contribution in [3.05, 3.63) is 47.8 Å². The topological polar surface area (TPSA) is 49.3 Å². The first-order chi connectivity index (χ1) is 9.65. The number of halogens is 1. The molecule has 2 atom stereocenters. The Morgan fingerprint density at radius 2 is 2.00 bits per heavy atom. The number of hydrogen-bond donors (Lipinski definition) is 2. The summed E-state index contributed by atoms with van der Waals surface area (Å²) in [4.78, 5) is 10.9. The first-order valence-electron chi connectivity index (χ1n) is 6.77. The van der Waals surface area contributed by atoms with Crippen LogP contribution in [0.15, 0.2) is 36.4 Å². The molecule has 0 amide bonds. The molecule has 1 fully saturated rings. The number of aliphatic carboxylic acids is 1. The Kier molecular flexibility index (Phi) is 3.40. The number of nitrogens with one attached hydrogen (secondary N) is 1. The summed E-state index contributed by atoms with van der Waals surface area (Å²) in [5.41, 5.74) is 1.08. The van der Waals surface area contributed by atoms with Crippen molar-refractivity contribution in [2.45, 2.75) is 18.9 Å². The maximum Gasteiger partial charge on any atom is 0.320 e. The van der Waals surface area contributed by atoms with Gasteiger partial charge in [-0.25, -0.2) is 4.39 Å². The van der Waals surface area contributed by atoms with Crippen molar-refractivity contribution < 1.29 is 14.3 Å². The molecule has 2 N–H and O–H groups in total.